The Balaban J connectivity index is 1.26. The lowest BCUT2D eigenvalue weighted by molar-refractivity contribution is -0.126. The number of thioether (sulfide) groups is 1. The van der Waals surface area contributed by atoms with Gasteiger partial charge in [0.2, 0.25) is 11.8 Å². The van der Waals surface area contributed by atoms with E-state index in [1.807, 2.05) is 60.7 Å². The second kappa shape index (κ2) is 9.40. The summed E-state index contributed by atoms with van der Waals surface area (Å²) >= 11 is 1.36. The van der Waals surface area contributed by atoms with Crippen LogP contribution in [0.5, 0.6) is 0 Å². The van der Waals surface area contributed by atoms with E-state index in [1.54, 1.807) is 16.0 Å². The van der Waals surface area contributed by atoms with Gasteiger partial charge in [-0.3, -0.25) is 14.5 Å². The van der Waals surface area contributed by atoms with Gasteiger partial charge in [0, 0.05) is 30.9 Å². The van der Waals surface area contributed by atoms with Gasteiger partial charge in [0.15, 0.2) is 0 Å². The van der Waals surface area contributed by atoms with Crippen LogP contribution in [0.2, 0.25) is 0 Å². The summed E-state index contributed by atoms with van der Waals surface area (Å²) in [7, 11) is 0. The third-order valence-electron chi connectivity index (χ3n) is 7.00. The number of hydrogen-bond donors (Lipinski definition) is 2. The van der Waals surface area contributed by atoms with Crippen LogP contribution in [0.1, 0.15) is 18.0 Å². The third-order valence-corrected chi connectivity index (χ3v) is 8.29. The summed E-state index contributed by atoms with van der Waals surface area (Å²) in [5, 5.41) is 6.33. The number of amides is 4. The molecule has 1 aromatic heterocycles. The molecule has 4 amide bonds. The minimum atomic E-state index is -0.547. The van der Waals surface area contributed by atoms with Crippen LogP contribution in [0, 0.1) is 0 Å². The summed E-state index contributed by atoms with van der Waals surface area (Å²) in [5.74, 6) is -0.305. The minimum absolute atomic E-state index is 0.135. The zero-order valence-electron chi connectivity index (χ0n) is 20.0. The normalized spacial score (nSPS) is 21.8. The summed E-state index contributed by atoms with van der Waals surface area (Å²) in [6, 6.07) is 18.8. The quantitative estimate of drug-likeness (QED) is 0.505. The summed E-state index contributed by atoms with van der Waals surface area (Å²) < 4.78 is 0. The molecule has 0 aliphatic carbocycles. The molecule has 1 saturated heterocycles. The Morgan fingerprint density at radius 2 is 1.92 bits per heavy atom. The molecule has 1 fully saturated rings. The van der Waals surface area contributed by atoms with E-state index in [9.17, 15) is 14.4 Å². The van der Waals surface area contributed by atoms with Crippen LogP contribution in [0.4, 0.5) is 16.2 Å². The Morgan fingerprint density at radius 1 is 1.11 bits per heavy atom. The smallest absolute Gasteiger partial charge is 0.327 e. The number of rotatable bonds is 5. The van der Waals surface area contributed by atoms with Gasteiger partial charge in [0.1, 0.15) is 10.3 Å². The average molecular weight is 512 g/mol. The van der Waals surface area contributed by atoms with Crippen molar-refractivity contribution in [1.82, 2.24) is 20.5 Å². The molecule has 0 bridgehead atoms. The molecule has 2 N–H and O–H groups in total. The summed E-state index contributed by atoms with van der Waals surface area (Å²) in [5.41, 5.74) is 4.39. The molecule has 0 saturated carbocycles. The standard InChI is InChI=1S/C28H25N5O3S/c1-2-22(34)32-14-12-19(16-32)30-26(35)25-24-23-21(11-13-29-27(23)37-25)33(28(36)31-24)20-10-6-9-18(15-20)17-7-4-3-5-8-17/h2-11,13,15,19,24-25H,1,12,14,16H2,(H,30,35)(H,31,36)/t19?,24?,25-/m1/s1. The third kappa shape index (κ3) is 4.15. The molecular weight excluding hydrogens is 486 g/mol. The van der Waals surface area contributed by atoms with E-state index in [0.717, 1.165) is 33.1 Å². The van der Waals surface area contributed by atoms with E-state index in [-0.39, 0.29) is 23.9 Å². The molecule has 3 aromatic rings. The number of aromatic nitrogens is 1. The molecule has 3 atom stereocenters. The second-order valence-electron chi connectivity index (χ2n) is 9.25. The molecule has 0 spiro atoms. The van der Waals surface area contributed by atoms with Crippen LogP contribution in [0.25, 0.3) is 11.1 Å². The van der Waals surface area contributed by atoms with Gasteiger partial charge in [-0.25, -0.2) is 9.78 Å². The highest BCUT2D eigenvalue weighted by atomic mass is 32.2. The zero-order valence-corrected chi connectivity index (χ0v) is 20.8. The van der Waals surface area contributed by atoms with E-state index in [4.69, 9.17) is 0 Å². The van der Waals surface area contributed by atoms with Gasteiger partial charge in [-0.15, -0.1) is 0 Å². The fraction of sp³-hybridized carbons (Fsp3) is 0.214. The van der Waals surface area contributed by atoms with Crippen molar-refractivity contribution in [3.8, 4) is 11.1 Å². The van der Waals surface area contributed by atoms with Crippen LogP contribution < -0.4 is 15.5 Å². The van der Waals surface area contributed by atoms with Crippen LogP contribution in [-0.4, -0.2) is 52.1 Å². The first-order chi connectivity index (χ1) is 18.0. The minimum Gasteiger partial charge on any atom is -0.350 e. The molecule has 186 valence electrons. The average Bonchev–Trinajstić information content (AvgIpc) is 3.54. The maximum absolute atomic E-state index is 13.5. The molecular formula is C28H25N5O3S. The van der Waals surface area contributed by atoms with Gasteiger partial charge in [0.25, 0.3) is 0 Å². The lowest BCUT2D eigenvalue weighted by atomic mass is 9.99. The SMILES string of the molecule is C=CC(=O)N1CCC(NC(=O)[C@@H]2Sc3nccc4c3C2NC(=O)N4c2cccc(-c3ccccc3)c2)C1. The number of pyridine rings is 1. The Labute approximate surface area is 218 Å². The van der Waals surface area contributed by atoms with Crippen LogP contribution in [0.15, 0.2) is 84.5 Å². The Bertz CT molecular complexity index is 1410. The van der Waals surface area contributed by atoms with E-state index in [2.05, 4.69) is 22.2 Å². The van der Waals surface area contributed by atoms with Crippen molar-refractivity contribution in [2.24, 2.45) is 0 Å². The van der Waals surface area contributed by atoms with Gasteiger partial charge in [-0.2, -0.15) is 0 Å². The molecule has 3 aliphatic rings. The monoisotopic (exact) mass is 511 g/mol. The van der Waals surface area contributed by atoms with E-state index < -0.39 is 11.3 Å². The van der Waals surface area contributed by atoms with Crippen LogP contribution in [0.3, 0.4) is 0 Å². The molecule has 37 heavy (non-hydrogen) atoms. The molecule has 2 unspecified atom stereocenters. The number of carbonyl (C=O) groups excluding carboxylic acids is 3. The Hall–Kier alpha value is -4.11. The lowest BCUT2D eigenvalue weighted by Crippen LogP contribution is -2.50. The lowest BCUT2D eigenvalue weighted by Gasteiger charge is -2.34. The van der Waals surface area contributed by atoms with Crippen LogP contribution >= 0.6 is 11.8 Å². The van der Waals surface area contributed by atoms with E-state index in [1.165, 1.54) is 17.8 Å². The molecule has 3 aliphatic heterocycles. The molecule has 8 nitrogen and oxygen atoms in total. The van der Waals surface area contributed by atoms with Crippen LogP contribution in [-0.2, 0) is 9.59 Å². The molecule has 0 radical (unpaired) electrons. The van der Waals surface area contributed by atoms with E-state index >= 15 is 0 Å². The van der Waals surface area contributed by atoms with Crippen molar-refractivity contribution in [3.05, 3.63) is 85.1 Å². The molecule has 9 heteroatoms. The van der Waals surface area contributed by atoms with E-state index in [0.29, 0.717) is 19.5 Å². The number of nitrogens with zero attached hydrogens (tertiary/aromatic N) is 3. The van der Waals surface area contributed by atoms with Gasteiger partial charge >= 0.3 is 6.03 Å². The van der Waals surface area contributed by atoms with Crippen molar-refractivity contribution in [1.29, 1.82) is 0 Å². The maximum Gasteiger partial charge on any atom is 0.327 e. The number of urea groups is 1. The number of nitrogens with one attached hydrogen (secondary N) is 2. The highest BCUT2D eigenvalue weighted by molar-refractivity contribution is 8.01. The number of anilines is 2. The number of likely N-dealkylation sites (tertiary alicyclic amines) is 1. The number of hydrogen-bond acceptors (Lipinski definition) is 5. The molecule has 4 heterocycles. The number of benzene rings is 2. The van der Waals surface area contributed by atoms with Crippen molar-refractivity contribution in [2.75, 3.05) is 18.0 Å². The first-order valence-corrected chi connectivity index (χ1v) is 13.0. The topological polar surface area (TPSA) is 94.6 Å². The zero-order chi connectivity index (χ0) is 25.5. The largest absolute Gasteiger partial charge is 0.350 e. The first kappa shape index (κ1) is 23.3. The highest BCUT2D eigenvalue weighted by Gasteiger charge is 2.47. The Morgan fingerprint density at radius 3 is 2.73 bits per heavy atom. The Kier molecular flexibility index (Phi) is 5.92. The van der Waals surface area contributed by atoms with Crippen molar-refractivity contribution in [2.45, 2.75) is 28.8 Å². The van der Waals surface area contributed by atoms with Gasteiger partial charge in [-0.05, 0) is 41.8 Å². The second-order valence-corrected chi connectivity index (χ2v) is 10.4. The fourth-order valence-electron chi connectivity index (χ4n) is 5.23. The first-order valence-electron chi connectivity index (χ1n) is 12.2. The predicted octanol–water partition coefficient (Wildman–Crippen LogP) is 4.03. The van der Waals surface area contributed by atoms with Crippen molar-refractivity contribution >= 4 is 41.0 Å². The van der Waals surface area contributed by atoms with Gasteiger partial charge in [-0.1, -0.05) is 60.8 Å². The number of carbonyl (C=O) groups is 3. The highest BCUT2D eigenvalue weighted by Crippen LogP contribution is 2.50. The van der Waals surface area contributed by atoms with Crippen molar-refractivity contribution in [3.63, 3.8) is 0 Å². The van der Waals surface area contributed by atoms with Gasteiger partial charge in [0.05, 0.1) is 17.4 Å². The summed E-state index contributed by atoms with van der Waals surface area (Å²) in [4.78, 5) is 46.6. The van der Waals surface area contributed by atoms with Crippen molar-refractivity contribution < 1.29 is 14.4 Å². The van der Waals surface area contributed by atoms with Gasteiger partial charge < -0.3 is 15.5 Å². The predicted molar refractivity (Wildman–Crippen MR) is 142 cm³/mol. The molecule has 6 rings (SSSR count). The fourth-order valence-corrected chi connectivity index (χ4v) is 6.46. The summed E-state index contributed by atoms with van der Waals surface area (Å²) in [6.45, 7) is 4.57. The maximum atomic E-state index is 13.5. The molecule has 2 aromatic carbocycles. The summed E-state index contributed by atoms with van der Waals surface area (Å²) in [6.07, 6.45) is 3.66.